The van der Waals surface area contributed by atoms with E-state index < -0.39 is 12.0 Å². The minimum Gasteiger partial charge on any atom is -0.352 e. The minimum absolute atomic E-state index is 0. The second-order valence-electron chi connectivity index (χ2n) is 4.78. The Balaban J connectivity index is 0.00000128. The van der Waals surface area contributed by atoms with Crippen LogP contribution in [-0.2, 0) is 4.79 Å². The quantitative estimate of drug-likeness (QED) is 0.780. The third-order valence-electron chi connectivity index (χ3n) is 3.15. The Morgan fingerprint density at radius 1 is 1.44 bits per heavy atom. The van der Waals surface area contributed by atoms with Crippen LogP contribution in [0.3, 0.4) is 0 Å². The van der Waals surface area contributed by atoms with Gasteiger partial charge in [0.25, 0.3) is 5.92 Å². The van der Waals surface area contributed by atoms with Crippen molar-refractivity contribution in [3.8, 4) is 0 Å². The van der Waals surface area contributed by atoms with Gasteiger partial charge in [0.15, 0.2) is 0 Å². The van der Waals surface area contributed by atoms with Crippen molar-refractivity contribution in [1.29, 1.82) is 0 Å². The van der Waals surface area contributed by atoms with Crippen LogP contribution >= 0.6 is 12.4 Å². The van der Waals surface area contributed by atoms with Gasteiger partial charge >= 0.3 is 0 Å². The van der Waals surface area contributed by atoms with E-state index >= 15 is 0 Å². The molecule has 94 valence electrons. The van der Waals surface area contributed by atoms with Gasteiger partial charge in [0, 0.05) is 12.5 Å². The number of nitrogens with one attached hydrogen (secondary N) is 2. The fourth-order valence-corrected chi connectivity index (χ4v) is 2.22. The molecule has 2 rings (SSSR count). The number of hydrogen-bond acceptors (Lipinski definition) is 2. The van der Waals surface area contributed by atoms with Crippen molar-refractivity contribution in [2.45, 2.75) is 44.2 Å². The van der Waals surface area contributed by atoms with Crippen molar-refractivity contribution in [3.63, 3.8) is 0 Å². The fraction of sp³-hybridized carbons (Fsp3) is 0.900. The van der Waals surface area contributed by atoms with Gasteiger partial charge in [0.05, 0.1) is 12.6 Å². The Kier molecular flexibility index (Phi) is 4.12. The molecular formula is C10H17ClF2N2O. The second-order valence-corrected chi connectivity index (χ2v) is 4.78. The van der Waals surface area contributed by atoms with Crippen LogP contribution in [0, 0.1) is 5.92 Å². The molecule has 1 aliphatic heterocycles. The molecule has 3 nitrogen and oxygen atoms in total. The summed E-state index contributed by atoms with van der Waals surface area (Å²) in [6.07, 6.45) is 1.56. The first-order valence-electron chi connectivity index (χ1n) is 5.38. The van der Waals surface area contributed by atoms with Crippen LogP contribution in [0.1, 0.15) is 26.2 Å². The van der Waals surface area contributed by atoms with Gasteiger partial charge in [0.1, 0.15) is 0 Å². The van der Waals surface area contributed by atoms with Crippen LogP contribution in [0.2, 0.25) is 0 Å². The highest BCUT2D eigenvalue weighted by molar-refractivity contribution is 5.85. The van der Waals surface area contributed by atoms with E-state index in [0.29, 0.717) is 5.92 Å². The largest absolute Gasteiger partial charge is 0.352 e. The topological polar surface area (TPSA) is 41.1 Å². The Hall–Kier alpha value is -0.420. The van der Waals surface area contributed by atoms with E-state index in [-0.39, 0.29) is 37.3 Å². The standard InChI is InChI=1S/C10H16F2N2O.ClH/c1-6-2-7(3-6)14-9(15)8-4-10(11,12)5-13-8;/h6-8,13H,2-5H2,1H3,(H,14,15);1H. The molecule has 2 aliphatic rings. The maximum atomic E-state index is 12.8. The number of alkyl halides is 2. The van der Waals surface area contributed by atoms with E-state index in [1.807, 2.05) is 0 Å². The summed E-state index contributed by atoms with van der Waals surface area (Å²) in [7, 11) is 0. The highest BCUT2D eigenvalue weighted by Crippen LogP contribution is 2.28. The first-order valence-corrected chi connectivity index (χ1v) is 5.38. The molecule has 0 spiro atoms. The molecule has 0 aromatic heterocycles. The predicted molar refractivity (Wildman–Crippen MR) is 58.9 cm³/mol. The van der Waals surface area contributed by atoms with Crippen LogP contribution in [0.4, 0.5) is 8.78 Å². The van der Waals surface area contributed by atoms with Crippen molar-refractivity contribution in [2.75, 3.05) is 6.54 Å². The van der Waals surface area contributed by atoms with Crippen LogP contribution in [-0.4, -0.2) is 30.5 Å². The van der Waals surface area contributed by atoms with Crippen molar-refractivity contribution >= 4 is 18.3 Å². The summed E-state index contributed by atoms with van der Waals surface area (Å²) in [6.45, 7) is 1.73. The lowest BCUT2D eigenvalue weighted by Gasteiger charge is -2.33. The predicted octanol–water partition coefficient (Wildman–Crippen LogP) is 1.32. The van der Waals surface area contributed by atoms with Gasteiger partial charge < -0.3 is 5.32 Å². The molecule has 6 heteroatoms. The fourth-order valence-electron chi connectivity index (χ4n) is 2.22. The first-order chi connectivity index (χ1) is 6.96. The lowest BCUT2D eigenvalue weighted by molar-refractivity contribution is -0.124. The van der Waals surface area contributed by atoms with E-state index in [2.05, 4.69) is 17.6 Å². The number of carbonyl (C=O) groups excluding carboxylic acids is 1. The zero-order valence-electron chi connectivity index (χ0n) is 9.13. The smallest absolute Gasteiger partial charge is 0.262 e. The number of halogens is 3. The van der Waals surface area contributed by atoms with E-state index in [0.717, 1.165) is 12.8 Å². The van der Waals surface area contributed by atoms with Crippen LogP contribution < -0.4 is 10.6 Å². The molecule has 2 fully saturated rings. The molecule has 16 heavy (non-hydrogen) atoms. The van der Waals surface area contributed by atoms with Crippen LogP contribution in [0.15, 0.2) is 0 Å². The molecule has 1 aliphatic carbocycles. The summed E-state index contributed by atoms with van der Waals surface area (Å²) < 4.78 is 25.6. The van der Waals surface area contributed by atoms with Crippen LogP contribution in [0.25, 0.3) is 0 Å². The normalized spacial score (nSPS) is 36.1. The molecule has 2 N–H and O–H groups in total. The molecular weight excluding hydrogens is 238 g/mol. The average molecular weight is 255 g/mol. The number of amides is 1. The summed E-state index contributed by atoms with van der Waals surface area (Å²) in [4.78, 5) is 11.5. The maximum Gasteiger partial charge on any atom is 0.262 e. The highest BCUT2D eigenvalue weighted by Gasteiger charge is 2.43. The van der Waals surface area contributed by atoms with Crippen LogP contribution in [0.5, 0.6) is 0 Å². The van der Waals surface area contributed by atoms with Crippen molar-refractivity contribution < 1.29 is 13.6 Å². The molecule has 1 amide bonds. The molecule has 1 saturated heterocycles. The van der Waals surface area contributed by atoms with Crippen molar-refractivity contribution in [2.24, 2.45) is 5.92 Å². The number of hydrogen-bond donors (Lipinski definition) is 2. The molecule has 0 aromatic rings. The SMILES string of the molecule is CC1CC(NC(=O)C2CC(F)(F)CN2)C1.Cl. The molecule has 1 saturated carbocycles. The Morgan fingerprint density at radius 3 is 2.50 bits per heavy atom. The molecule has 1 heterocycles. The Labute approximate surface area is 99.8 Å². The molecule has 0 bridgehead atoms. The van der Waals surface area contributed by atoms with Gasteiger partial charge in [0.2, 0.25) is 5.91 Å². The summed E-state index contributed by atoms with van der Waals surface area (Å²) in [5.41, 5.74) is 0. The second kappa shape index (κ2) is 4.84. The third kappa shape index (κ3) is 3.04. The van der Waals surface area contributed by atoms with E-state index in [9.17, 15) is 13.6 Å². The zero-order valence-corrected chi connectivity index (χ0v) is 9.95. The van der Waals surface area contributed by atoms with E-state index in [1.54, 1.807) is 0 Å². The number of rotatable bonds is 2. The van der Waals surface area contributed by atoms with E-state index in [1.165, 1.54) is 0 Å². The van der Waals surface area contributed by atoms with Gasteiger partial charge in [-0.15, -0.1) is 12.4 Å². The van der Waals surface area contributed by atoms with E-state index in [4.69, 9.17) is 0 Å². The monoisotopic (exact) mass is 254 g/mol. The minimum atomic E-state index is -2.73. The van der Waals surface area contributed by atoms with Crippen molar-refractivity contribution in [3.05, 3.63) is 0 Å². The summed E-state index contributed by atoms with van der Waals surface area (Å²) in [6, 6.07) is -0.514. The van der Waals surface area contributed by atoms with Gasteiger partial charge in [-0.25, -0.2) is 8.78 Å². The highest BCUT2D eigenvalue weighted by atomic mass is 35.5. The molecule has 0 radical (unpaired) electrons. The first kappa shape index (κ1) is 13.6. The molecule has 0 aromatic carbocycles. The lowest BCUT2D eigenvalue weighted by atomic mass is 9.82. The average Bonchev–Trinajstić information content (AvgIpc) is 2.43. The Morgan fingerprint density at radius 2 is 2.06 bits per heavy atom. The van der Waals surface area contributed by atoms with Crippen molar-refractivity contribution in [1.82, 2.24) is 10.6 Å². The molecule has 1 unspecified atom stereocenters. The maximum absolute atomic E-state index is 12.8. The summed E-state index contributed by atoms with van der Waals surface area (Å²) >= 11 is 0. The molecule has 1 atom stereocenters. The third-order valence-corrected chi connectivity index (χ3v) is 3.15. The summed E-state index contributed by atoms with van der Waals surface area (Å²) in [5, 5.41) is 5.34. The lowest BCUT2D eigenvalue weighted by Crippen LogP contribution is -2.49. The zero-order chi connectivity index (χ0) is 11.1. The number of carbonyl (C=O) groups is 1. The van der Waals surface area contributed by atoms with Gasteiger partial charge in [-0.3, -0.25) is 10.1 Å². The summed E-state index contributed by atoms with van der Waals surface area (Å²) in [5.74, 6) is -2.35. The van der Waals surface area contributed by atoms with Gasteiger partial charge in [-0.05, 0) is 18.8 Å². The van der Waals surface area contributed by atoms with Gasteiger partial charge in [-0.1, -0.05) is 6.92 Å². The Bertz CT molecular complexity index is 270. The van der Waals surface area contributed by atoms with Gasteiger partial charge in [-0.2, -0.15) is 0 Å².